The van der Waals surface area contributed by atoms with Gasteiger partial charge in [-0.2, -0.15) is 0 Å². The first-order valence-corrected chi connectivity index (χ1v) is 10.6. The normalized spacial score (nSPS) is 26.1. The highest BCUT2D eigenvalue weighted by atomic mass is 35.5. The number of rotatable bonds is 4. The molecule has 4 N–H and O–H groups in total. The second kappa shape index (κ2) is 11.1. The van der Waals surface area contributed by atoms with Crippen LogP contribution in [0.4, 0.5) is 0 Å². The molecule has 2 saturated heterocycles. The second-order valence-corrected chi connectivity index (χ2v) is 8.06. The molecule has 0 aliphatic carbocycles. The van der Waals surface area contributed by atoms with Gasteiger partial charge in [0.15, 0.2) is 0 Å². The van der Waals surface area contributed by atoms with Crippen LogP contribution >= 0.6 is 11.6 Å². The van der Waals surface area contributed by atoms with Gasteiger partial charge in [-0.3, -0.25) is 0 Å². The van der Waals surface area contributed by atoms with Crippen LogP contribution in [-0.4, -0.2) is 58.6 Å². The Morgan fingerprint density at radius 3 is 2.30 bits per heavy atom. The Morgan fingerprint density at radius 1 is 1.00 bits per heavy atom. The number of benzene rings is 2. The van der Waals surface area contributed by atoms with Gasteiger partial charge < -0.3 is 29.9 Å². The maximum atomic E-state index is 10.0. The molecule has 0 bridgehead atoms. The van der Waals surface area contributed by atoms with Crippen LogP contribution in [0.25, 0.3) is 0 Å². The molecule has 3 unspecified atom stereocenters. The van der Waals surface area contributed by atoms with E-state index >= 15 is 0 Å². The highest BCUT2D eigenvalue weighted by Gasteiger charge is 2.37. The second-order valence-electron chi connectivity index (χ2n) is 7.65. The number of phenols is 1. The summed E-state index contributed by atoms with van der Waals surface area (Å²) in [6.07, 6.45) is 0.111. The molecule has 7 heteroatoms. The average Bonchev–Trinajstić information content (AvgIpc) is 3.33. The Bertz CT molecular complexity index is 785. The highest BCUT2D eigenvalue weighted by Crippen LogP contribution is 2.34. The summed E-state index contributed by atoms with van der Waals surface area (Å²) in [5.41, 5.74) is 2.74. The van der Waals surface area contributed by atoms with Crippen molar-refractivity contribution in [1.29, 1.82) is 0 Å². The van der Waals surface area contributed by atoms with Gasteiger partial charge in [0, 0.05) is 24.7 Å². The van der Waals surface area contributed by atoms with Gasteiger partial charge in [0.25, 0.3) is 0 Å². The van der Waals surface area contributed by atoms with Crippen LogP contribution in [0.2, 0.25) is 5.02 Å². The minimum atomic E-state index is -1.09. The largest absolute Gasteiger partial charge is 0.508 e. The van der Waals surface area contributed by atoms with E-state index in [0.29, 0.717) is 11.4 Å². The zero-order valence-corrected chi connectivity index (χ0v) is 17.5. The summed E-state index contributed by atoms with van der Waals surface area (Å²) in [5, 5.41) is 39.2. The van der Waals surface area contributed by atoms with Gasteiger partial charge in [0.05, 0.1) is 18.8 Å². The lowest BCUT2D eigenvalue weighted by Crippen LogP contribution is -2.47. The highest BCUT2D eigenvalue weighted by molar-refractivity contribution is 6.31. The fourth-order valence-corrected chi connectivity index (χ4v) is 3.78. The predicted octanol–water partition coefficient (Wildman–Crippen LogP) is 2.98. The molecule has 0 aromatic heterocycles. The molecule has 4 rings (SSSR count). The third kappa shape index (κ3) is 6.17. The summed E-state index contributed by atoms with van der Waals surface area (Å²) in [7, 11) is 0. The van der Waals surface area contributed by atoms with Gasteiger partial charge in [-0.15, -0.1) is 0 Å². The summed E-state index contributed by atoms with van der Waals surface area (Å²) in [6.45, 7) is 1.64. The number of aliphatic hydroxyl groups is 3. The Labute approximate surface area is 181 Å². The number of phenolic OH excluding ortho intramolecular Hbond substituents is 1. The SMILES string of the molecule is C1CCOC1.OCC1OC(c2ccc(Cl)c(Cc3ccc(O)cc3)c2)CC(O)[C@@H]1O. The van der Waals surface area contributed by atoms with Crippen molar-refractivity contribution in [2.75, 3.05) is 19.8 Å². The number of hydrogen-bond acceptors (Lipinski definition) is 6. The predicted molar refractivity (Wildman–Crippen MR) is 114 cm³/mol. The van der Waals surface area contributed by atoms with E-state index in [2.05, 4.69) is 0 Å². The van der Waals surface area contributed by atoms with Crippen molar-refractivity contribution in [1.82, 2.24) is 0 Å². The monoisotopic (exact) mass is 436 g/mol. The van der Waals surface area contributed by atoms with Gasteiger partial charge in [-0.25, -0.2) is 0 Å². The molecular weight excluding hydrogens is 408 g/mol. The first-order chi connectivity index (χ1) is 14.5. The number of ether oxygens (including phenoxy) is 2. The minimum absolute atomic E-state index is 0.210. The number of hydrogen-bond donors (Lipinski definition) is 4. The third-order valence-electron chi connectivity index (χ3n) is 5.35. The molecule has 2 aliphatic rings. The molecule has 2 aliphatic heterocycles. The van der Waals surface area contributed by atoms with Crippen LogP contribution in [-0.2, 0) is 15.9 Å². The van der Waals surface area contributed by atoms with Crippen molar-refractivity contribution in [2.45, 2.75) is 50.1 Å². The standard InChI is InChI=1S/C19H21ClO5.C4H8O/c20-15-6-3-12(17-9-16(23)19(24)18(10-21)25-17)8-13(15)7-11-1-4-14(22)5-2-11;1-2-4-5-3-1/h1-6,8,16-19,21-24H,7,9-10H2;1-4H2/t16?,17?,18?,19-;/m0./s1. The van der Waals surface area contributed by atoms with E-state index < -0.39 is 24.4 Å². The molecule has 6 nitrogen and oxygen atoms in total. The summed E-state index contributed by atoms with van der Waals surface area (Å²) < 4.78 is 10.7. The fourth-order valence-electron chi connectivity index (χ4n) is 3.59. The lowest BCUT2D eigenvalue weighted by molar-refractivity contribution is -0.181. The molecule has 0 saturated carbocycles. The maximum Gasteiger partial charge on any atom is 0.115 e. The van der Waals surface area contributed by atoms with Gasteiger partial charge in [0.1, 0.15) is 18.0 Å². The topological polar surface area (TPSA) is 99.4 Å². The molecule has 0 spiro atoms. The molecule has 164 valence electrons. The van der Waals surface area contributed by atoms with Crippen LogP contribution in [0.1, 0.15) is 42.1 Å². The number of halogens is 1. The Morgan fingerprint density at radius 2 is 1.70 bits per heavy atom. The molecule has 2 heterocycles. The first kappa shape index (κ1) is 23.0. The van der Waals surface area contributed by atoms with E-state index in [1.807, 2.05) is 24.3 Å². The molecular formula is C23H29ClO6. The van der Waals surface area contributed by atoms with E-state index in [1.54, 1.807) is 18.2 Å². The Balaban J connectivity index is 0.000000448. The van der Waals surface area contributed by atoms with Crippen LogP contribution in [0, 0.1) is 0 Å². The van der Waals surface area contributed by atoms with E-state index in [0.717, 1.165) is 29.9 Å². The molecule has 2 aromatic carbocycles. The van der Waals surface area contributed by atoms with E-state index in [9.17, 15) is 20.4 Å². The van der Waals surface area contributed by atoms with Crippen LogP contribution in [0.5, 0.6) is 5.75 Å². The average molecular weight is 437 g/mol. The summed E-state index contributed by atoms with van der Waals surface area (Å²) in [4.78, 5) is 0. The van der Waals surface area contributed by atoms with Crippen molar-refractivity contribution in [3.8, 4) is 5.75 Å². The fraction of sp³-hybridized carbons (Fsp3) is 0.478. The van der Waals surface area contributed by atoms with Crippen LogP contribution < -0.4 is 0 Å². The van der Waals surface area contributed by atoms with Crippen molar-refractivity contribution in [3.63, 3.8) is 0 Å². The Kier molecular flexibility index (Phi) is 8.50. The summed E-state index contributed by atoms with van der Waals surface area (Å²) in [5.74, 6) is 0.210. The smallest absolute Gasteiger partial charge is 0.115 e. The van der Waals surface area contributed by atoms with E-state index in [4.69, 9.17) is 21.1 Å². The zero-order valence-electron chi connectivity index (χ0n) is 16.8. The van der Waals surface area contributed by atoms with Crippen LogP contribution in [0.3, 0.4) is 0 Å². The zero-order chi connectivity index (χ0) is 21.5. The molecule has 30 heavy (non-hydrogen) atoms. The van der Waals surface area contributed by atoms with E-state index in [1.165, 1.54) is 12.8 Å². The quantitative estimate of drug-likeness (QED) is 0.588. The van der Waals surface area contributed by atoms with E-state index in [-0.39, 0.29) is 18.8 Å². The molecule has 2 aromatic rings. The van der Waals surface area contributed by atoms with Crippen molar-refractivity contribution in [3.05, 3.63) is 64.2 Å². The number of aliphatic hydroxyl groups excluding tert-OH is 3. The maximum absolute atomic E-state index is 10.0. The molecule has 0 radical (unpaired) electrons. The molecule has 0 amide bonds. The van der Waals surface area contributed by atoms with Crippen molar-refractivity contribution in [2.24, 2.45) is 0 Å². The molecule has 2 fully saturated rings. The van der Waals surface area contributed by atoms with Gasteiger partial charge in [-0.1, -0.05) is 35.9 Å². The third-order valence-corrected chi connectivity index (χ3v) is 5.72. The van der Waals surface area contributed by atoms with Crippen molar-refractivity contribution >= 4 is 11.6 Å². The lowest BCUT2D eigenvalue weighted by Gasteiger charge is -2.36. The first-order valence-electron chi connectivity index (χ1n) is 10.2. The van der Waals surface area contributed by atoms with Gasteiger partial charge >= 0.3 is 0 Å². The minimum Gasteiger partial charge on any atom is -0.508 e. The lowest BCUT2D eigenvalue weighted by atomic mass is 9.92. The Hall–Kier alpha value is -1.67. The van der Waals surface area contributed by atoms with Crippen molar-refractivity contribution < 1.29 is 29.9 Å². The van der Waals surface area contributed by atoms with Gasteiger partial charge in [0.2, 0.25) is 0 Å². The summed E-state index contributed by atoms with van der Waals surface area (Å²) >= 11 is 6.30. The molecule has 4 atom stereocenters. The summed E-state index contributed by atoms with van der Waals surface area (Å²) in [6, 6.07) is 12.4. The van der Waals surface area contributed by atoms with Gasteiger partial charge in [-0.05, 0) is 54.2 Å². The van der Waals surface area contributed by atoms with Crippen LogP contribution in [0.15, 0.2) is 42.5 Å². The number of aromatic hydroxyl groups is 1.